The number of halogens is 1. The number of carbonyl (C=O) groups is 1. The van der Waals surface area contributed by atoms with Gasteiger partial charge in [0, 0.05) is 12.0 Å². The average Bonchev–Trinajstić information content (AvgIpc) is 2.31. The van der Waals surface area contributed by atoms with Crippen LogP contribution in [0.25, 0.3) is 0 Å². The molecule has 1 rings (SSSR count). The van der Waals surface area contributed by atoms with E-state index in [1.807, 2.05) is 6.92 Å². The predicted molar refractivity (Wildman–Crippen MR) is 57.3 cm³/mol. The van der Waals surface area contributed by atoms with E-state index in [2.05, 4.69) is 15.9 Å². The maximum absolute atomic E-state index is 11.7. The Morgan fingerprint density at radius 1 is 1.36 bits per heavy atom. The van der Waals surface area contributed by atoms with E-state index in [1.165, 1.54) is 0 Å². The summed E-state index contributed by atoms with van der Waals surface area (Å²) in [5, 5.41) is 0. The van der Waals surface area contributed by atoms with Crippen LogP contribution in [0.2, 0.25) is 0 Å². The highest BCUT2D eigenvalue weighted by Gasteiger charge is 2.45. The molecule has 0 aromatic carbocycles. The number of alkyl halides is 1. The Bertz CT molecular complexity index is 340. The molecule has 0 aromatic rings. The van der Waals surface area contributed by atoms with Crippen LogP contribution in [0.3, 0.4) is 0 Å². The van der Waals surface area contributed by atoms with Crippen molar-refractivity contribution in [1.82, 2.24) is 4.31 Å². The molecule has 0 radical (unpaired) electrons. The third kappa shape index (κ3) is 1.69. The van der Waals surface area contributed by atoms with Crippen molar-refractivity contribution in [3.05, 3.63) is 0 Å². The third-order valence-electron chi connectivity index (χ3n) is 2.96. The molecule has 0 spiro atoms. The highest BCUT2D eigenvalue weighted by Crippen LogP contribution is 2.32. The van der Waals surface area contributed by atoms with Crippen molar-refractivity contribution >= 4 is 31.9 Å². The molecule has 1 heterocycles. The van der Waals surface area contributed by atoms with Gasteiger partial charge < -0.3 is 0 Å². The van der Waals surface area contributed by atoms with Crippen LogP contribution in [0.1, 0.15) is 20.8 Å². The normalized spacial score (nSPS) is 33.9. The minimum absolute atomic E-state index is 0.0799. The summed E-state index contributed by atoms with van der Waals surface area (Å²) >= 11 is 2.89. The first-order valence-corrected chi connectivity index (χ1v) is 7.18. The Labute approximate surface area is 92.8 Å². The third-order valence-corrected chi connectivity index (χ3v) is 6.09. The summed E-state index contributed by atoms with van der Waals surface area (Å²) in [5.41, 5.74) is 0. The van der Waals surface area contributed by atoms with Crippen LogP contribution in [-0.2, 0) is 14.8 Å². The van der Waals surface area contributed by atoms with Gasteiger partial charge in [-0.15, -0.1) is 0 Å². The maximum Gasteiger partial charge on any atom is 0.247 e. The lowest BCUT2D eigenvalue weighted by atomic mass is 9.95. The number of carbonyl (C=O) groups excluding carboxylic acids is 1. The monoisotopic (exact) mass is 283 g/mol. The van der Waals surface area contributed by atoms with Crippen molar-refractivity contribution in [1.29, 1.82) is 0 Å². The van der Waals surface area contributed by atoms with Gasteiger partial charge in [-0.1, -0.05) is 29.8 Å². The summed E-state index contributed by atoms with van der Waals surface area (Å²) in [6.45, 7) is 5.44. The first-order chi connectivity index (χ1) is 6.33. The van der Waals surface area contributed by atoms with Gasteiger partial charge in [0.25, 0.3) is 0 Å². The fourth-order valence-corrected chi connectivity index (χ4v) is 3.61. The summed E-state index contributed by atoms with van der Waals surface area (Å²) in [7, 11) is -3.46. The molecular formula is C8H14BrNO3S. The summed E-state index contributed by atoms with van der Waals surface area (Å²) in [6, 6.07) is -0.236. The van der Waals surface area contributed by atoms with Gasteiger partial charge in [-0.3, -0.25) is 4.79 Å². The molecule has 1 aliphatic rings. The highest BCUT2D eigenvalue weighted by molar-refractivity contribution is 9.10. The van der Waals surface area contributed by atoms with Crippen LogP contribution in [0.4, 0.5) is 0 Å². The topological polar surface area (TPSA) is 54.5 Å². The lowest BCUT2D eigenvalue weighted by Gasteiger charge is -2.21. The average molecular weight is 284 g/mol. The molecule has 4 nitrogen and oxygen atoms in total. The van der Waals surface area contributed by atoms with Gasteiger partial charge in [0.05, 0.1) is 0 Å². The molecule has 0 aromatic heterocycles. The summed E-state index contributed by atoms with van der Waals surface area (Å²) < 4.78 is 24.0. The van der Waals surface area contributed by atoms with E-state index < -0.39 is 10.0 Å². The van der Waals surface area contributed by atoms with Crippen molar-refractivity contribution in [2.24, 2.45) is 11.8 Å². The van der Waals surface area contributed by atoms with Gasteiger partial charge in [-0.2, -0.15) is 0 Å². The molecule has 6 heteroatoms. The van der Waals surface area contributed by atoms with Crippen LogP contribution in [0.15, 0.2) is 0 Å². The van der Waals surface area contributed by atoms with Gasteiger partial charge >= 0.3 is 0 Å². The van der Waals surface area contributed by atoms with Gasteiger partial charge in [0.1, 0.15) is 4.66 Å². The molecule has 1 aliphatic heterocycles. The number of rotatable bonds is 2. The molecule has 0 aliphatic carbocycles. The smallest absolute Gasteiger partial charge is 0.247 e. The summed E-state index contributed by atoms with van der Waals surface area (Å²) in [5.74, 6) is -0.417. The summed E-state index contributed by atoms with van der Waals surface area (Å²) in [6.07, 6.45) is 0. The fourth-order valence-electron chi connectivity index (χ4n) is 1.70. The first-order valence-electron chi connectivity index (χ1n) is 4.45. The van der Waals surface area contributed by atoms with Gasteiger partial charge in [-0.25, -0.2) is 12.7 Å². The molecule has 82 valence electrons. The zero-order valence-corrected chi connectivity index (χ0v) is 10.8. The molecule has 0 N–H and O–H groups in total. The van der Waals surface area contributed by atoms with E-state index >= 15 is 0 Å². The lowest BCUT2D eigenvalue weighted by molar-refractivity contribution is -0.127. The second-order valence-corrected chi connectivity index (χ2v) is 6.89. The fraction of sp³-hybridized carbons (Fsp3) is 0.875. The van der Waals surface area contributed by atoms with E-state index in [-0.39, 0.29) is 28.4 Å². The van der Waals surface area contributed by atoms with Crippen LogP contribution >= 0.6 is 15.9 Å². The Hall–Kier alpha value is -0.100. The molecule has 0 bridgehead atoms. The van der Waals surface area contributed by atoms with Crippen molar-refractivity contribution in [2.75, 3.05) is 4.66 Å². The van der Waals surface area contributed by atoms with Gasteiger partial charge in [0.15, 0.2) is 0 Å². The second-order valence-electron chi connectivity index (χ2n) is 3.74. The SMILES string of the molecule is CC1C(=O)N(S(=O)(=O)CBr)C(C)C1C. The Balaban J connectivity index is 3.08. The van der Waals surface area contributed by atoms with E-state index in [0.29, 0.717) is 0 Å². The predicted octanol–water partition coefficient (Wildman–Crippen LogP) is 1.17. The van der Waals surface area contributed by atoms with E-state index in [9.17, 15) is 13.2 Å². The van der Waals surface area contributed by atoms with Crippen molar-refractivity contribution in [3.8, 4) is 0 Å². The van der Waals surface area contributed by atoms with Gasteiger partial charge in [-0.05, 0) is 12.8 Å². The van der Waals surface area contributed by atoms with Crippen molar-refractivity contribution in [2.45, 2.75) is 26.8 Å². The molecule has 3 atom stereocenters. The largest absolute Gasteiger partial charge is 0.273 e. The number of sulfonamides is 1. The molecule has 1 fully saturated rings. The highest BCUT2D eigenvalue weighted by atomic mass is 79.9. The van der Waals surface area contributed by atoms with Crippen LogP contribution in [0, 0.1) is 11.8 Å². The molecular weight excluding hydrogens is 270 g/mol. The first kappa shape index (κ1) is 12.0. The second kappa shape index (κ2) is 3.81. The molecule has 1 saturated heterocycles. The van der Waals surface area contributed by atoms with E-state index in [4.69, 9.17) is 0 Å². The number of hydrogen-bond acceptors (Lipinski definition) is 3. The van der Waals surface area contributed by atoms with Crippen LogP contribution in [-0.4, -0.2) is 29.3 Å². The van der Waals surface area contributed by atoms with Gasteiger partial charge in [0.2, 0.25) is 15.9 Å². The number of nitrogens with zero attached hydrogens (tertiary/aromatic N) is 1. The minimum Gasteiger partial charge on any atom is -0.273 e. The van der Waals surface area contributed by atoms with Crippen molar-refractivity contribution < 1.29 is 13.2 Å². The molecule has 1 amide bonds. The number of hydrogen-bond donors (Lipinski definition) is 0. The lowest BCUT2D eigenvalue weighted by Crippen LogP contribution is -2.39. The van der Waals surface area contributed by atoms with E-state index in [0.717, 1.165) is 4.31 Å². The molecule has 14 heavy (non-hydrogen) atoms. The van der Waals surface area contributed by atoms with Crippen LogP contribution in [0.5, 0.6) is 0 Å². The Morgan fingerprint density at radius 3 is 2.14 bits per heavy atom. The standard InChI is InChI=1S/C8H14BrNO3S/c1-5-6(2)8(11)10(7(5)3)14(12,13)4-9/h5-7H,4H2,1-3H3. The zero-order valence-electron chi connectivity index (χ0n) is 8.40. The number of amides is 1. The van der Waals surface area contributed by atoms with Crippen molar-refractivity contribution in [3.63, 3.8) is 0 Å². The zero-order chi connectivity index (χ0) is 11.1. The Kier molecular flexibility index (Phi) is 3.26. The molecule has 0 saturated carbocycles. The summed E-state index contributed by atoms with van der Waals surface area (Å²) in [4.78, 5) is 11.7. The minimum atomic E-state index is -3.46. The Morgan fingerprint density at radius 2 is 1.86 bits per heavy atom. The molecule has 3 unspecified atom stereocenters. The quantitative estimate of drug-likeness (QED) is 0.715. The van der Waals surface area contributed by atoms with Crippen LogP contribution < -0.4 is 0 Å². The van der Waals surface area contributed by atoms with E-state index in [1.54, 1.807) is 13.8 Å². The maximum atomic E-state index is 11.7.